The molecule has 0 unspecified atom stereocenters. The Bertz CT molecular complexity index is 424. The van der Waals surface area contributed by atoms with Crippen molar-refractivity contribution in [2.75, 3.05) is 0 Å². The van der Waals surface area contributed by atoms with E-state index in [2.05, 4.69) is 55.4 Å². The molecule has 2 rings (SSSR count). The van der Waals surface area contributed by atoms with Gasteiger partial charge in [0.1, 0.15) is 0 Å². The summed E-state index contributed by atoms with van der Waals surface area (Å²) in [6, 6.07) is 0. The Balaban J connectivity index is 2.75. The highest BCUT2D eigenvalue weighted by Crippen LogP contribution is 2.86. The third-order valence-corrected chi connectivity index (χ3v) is 18.2. The molecule has 0 nitrogen and oxygen atoms in total. The molecular weight excluding hydrogens is 326 g/mol. The van der Waals surface area contributed by atoms with Gasteiger partial charge in [0.15, 0.2) is 0 Å². The zero-order valence-corrected chi connectivity index (χ0v) is 19.4. The van der Waals surface area contributed by atoms with Crippen LogP contribution in [0, 0.1) is 25.2 Å². The number of hydrogen-bond acceptors (Lipinski definition) is 0. The van der Waals surface area contributed by atoms with E-state index < -0.39 is 14.5 Å². The molecule has 2 fully saturated rings. The lowest BCUT2D eigenvalue weighted by molar-refractivity contribution is 0.744. The van der Waals surface area contributed by atoms with E-state index in [9.17, 15) is 0 Å². The molecule has 4 atom stereocenters. The van der Waals surface area contributed by atoms with Crippen molar-refractivity contribution in [3.8, 4) is 0 Å². The number of allylic oxidation sites excluding steroid dienone is 2. The molecule has 2 aliphatic heterocycles. The van der Waals surface area contributed by atoms with Crippen LogP contribution in [0.2, 0.25) is 0 Å². The van der Waals surface area contributed by atoms with E-state index in [0.717, 1.165) is 22.6 Å². The van der Waals surface area contributed by atoms with Crippen LogP contribution >= 0.6 is 14.5 Å². The summed E-state index contributed by atoms with van der Waals surface area (Å²) in [5, 5.41) is 3.66. The van der Waals surface area contributed by atoms with Gasteiger partial charge in [-0.25, -0.2) is 0 Å². The Morgan fingerprint density at radius 1 is 0.625 bits per heavy atom. The van der Waals surface area contributed by atoms with E-state index in [1.165, 1.54) is 25.7 Å². The van der Waals surface area contributed by atoms with Crippen LogP contribution in [0.25, 0.3) is 0 Å². The number of rotatable bonds is 4. The lowest BCUT2D eigenvalue weighted by Gasteiger charge is -2.45. The summed E-state index contributed by atoms with van der Waals surface area (Å²) < 4.78 is 0. The first-order valence-corrected chi connectivity index (χ1v) is 14.4. The van der Waals surface area contributed by atoms with Gasteiger partial charge in [0.25, 0.3) is 0 Å². The van der Waals surface area contributed by atoms with Gasteiger partial charge >= 0.3 is 0 Å². The van der Waals surface area contributed by atoms with Crippen molar-refractivity contribution in [2.24, 2.45) is 11.8 Å². The molecular formula is C22H42P2. The molecule has 2 heteroatoms. The molecule has 0 saturated carbocycles. The summed E-state index contributed by atoms with van der Waals surface area (Å²) in [4.78, 5) is 0. The van der Waals surface area contributed by atoms with Crippen LogP contribution < -0.4 is 0 Å². The second-order valence-corrected chi connectivity index (χ2v) is 17.7. The number of hydrogen-bond donors (Lipinski definition) is 0. The maximum Gasteiger partial charge on any atom is 0.0803 e. The average molecular weight is 369 g/mol. The normalized spacial score (nSPS) is 36.5. The fraction of sp³-hybridized carbons (Fsp3) is 0.818. The van der Waals surface area contributed by atoms with Gasteiger partial charge in [-0.2, -0.15) is 13.3 Å². The van der Waals surface area contributed by atoms with Crippen molar-refractivity contribution in [1.82, 2.24) is 0 Å². The fourth-order valence-corrected chi connectivity index (χ4v) is 16.2. The monoisotopic (exact) mass is 368 g/mol. The molecule has 0 spiro atoms. The lowest BCUT2D eigenvalue weighted by Crippen LogP contribution is -2.21. The van der Waals surface area contributed by atoms with Gasteiger partial charge in [-0.1, -0.05) is 42.2 Å². The average Bonchev–Trinajstić information content (AvgIpc) is 2.89. The van der Waals surface area contributed by atoms with E-state index >= 15 is 0 Å². The summed E-state index contributed by atoms with van der Waals surface area (Å²) in [6.45, 7) is 29.9. The molecule has 2 heterocycles. The van der Waals surface area contributed by atoms with Crippen molar-refractivity contribution in [3.05, 3.63) is 24.0 Å². The second-order valence-electron chi connectivity index (χ2n) is 9.49. The molecule has 0 radical (unpaired) electrons. The minimum Gasteiger partial charge on any atom is -0.175 e. The predicted octanol–water partition coefficient (Wildman–Crippen LogP) is 8.27. The second kappa shape index (κ2) is 7.31. The zero-order chi connectivity index (χ0) is 18.4. The Kier molecular flexibility index (Phi) is 6.37. The van der Waals surface area contributed by atoms with E-state index in [0.29, 0.717) is 11.8 Å². The first kappa shape index (κ1) is 20.9. The maximum absolute atomic E-state index is 5.05. The van der Waals surface area contributed by atoms with Crippen LogP contribution in [-0.4, -0.2) is 22.6 Å². The van der Waals surface area contributed by atoms with Gasteiger partial charge in [-0.15, -0.1) is 0 Å². The van der Waals surface area contributed by atoms with Crippen LogP contribution in [0.1, 0.15) is 81.1 Å². The van der Waals surface area contributed by atoms with Gasteiger partial charge in [-0.05, 0) is 53.4 Å². The molecule has 0 aliphatic carbocycles. The summed E-state index contributed by atoms with van der Waals surface area (Å²) in [6.07, 6.45) is 5.53. The molecule has 0 aromatic heterocycles. The molecule has 24 heavy (non-hydrogen) atoms. The third kappa shape index (κ3) is 3.07. The molecule has 2 aliphatic rings. The zero-order valence-electron chi connectivity index (χ0n) is 17.6. The van der Waals surface area contributed by atoms with Crippen molar-refractivity contribution in [1.29, 1.82) is 0 Å². The predicted molar refractivity (Wildman–Crippen MR) is 118 cm³/mol. The molecule has 0 aromatic rings. The van der Waals surface area contributed by atoms with Gasteiger partial charge in [-0.3, -0.25) is 0 Å². The Hall–Kier alpha value is 0.600. The third-order valence-electron chi connectivity index (χ3n) is 7.40. The quantitative estimate of drug-likeness (QED) is 0.346. The Labute approximate surface area is 154 Å². The molecule has 0 N–H and O–H groups in total. The molecule has 0 aromatic carbocycles. The Morgan fingerprint density at radius 3 is 1.00 bits per heavy atom. The molecule has 0 bridgehead atoms. The highest BCUT2D eigenvalue weighted by molar-refractivity contribution is 7.86. The lowest BCUT2D eigenvalue weighted by atomic mass is 10.1. The SMILES string of the molecule is [CH2-][P+]1(/C(=C(/C(C)C)[P+]2([CH2-])[C@H](C)CC[C@H]2C)C(C)C)[C@H](C)CC[C@H]1C. The molecule has 0 amide bonds. The summed E-state index contributed by atoms with van der Waals surface area (Å²) in [7, 11) is -2.62. The Morgan fingerprint density at radius 2 is 0.833 bits per heavy atom. The van der Waals surface area contributed by atoms with Crippen LogP contribution in [0.5, 0.6) is 0 Å². The van der Waals surface area contributed by atoms with Crippen LogP contribution in [0.4, 0.5) is 0 Å². The van der Waals surface area contributed by atoms with Crippen molar-refractivity contribution < 1.29 is 0 Å². The highest BCUT2D eigenvalue weighted by Gasteiger charge is 2.54. The van der Waals surface area contributed by atoms with E-state index in [1.54, 1.807) is 0 Å². The largest absolute Gasteiger partial charge is 0.175 e. The first-order chi connectivity index (χ1) is 11.0. The van der Waals surface area contributed by atoms with Crippen molar-refractivity contribution in [3.63, 3.8) is 0 Å². The van der Waals surface area contributed by atoms with Gasteiger partial charge in [0, 0.05) is 34.5 Å². The van der Waals surface area contributed by atoms with Crippen molar-refractivity contribution >= 4 is 14.5 Å². The highest BCUT2D eigenvalue weighted by atomic mass is 31.2. The minimum atomic E-state index is -1.31. The molecule has 140 valence electrons. The summed E-state index contributed by atoms with van der Waals surface area (Å²) >= 11 is 0. The topological polar surface area (TPSA) is 0 Å². The van der Waals surface area contributed by atoms with Crippen molar-refractivity contribution in [2.45, 2.75) is 104 Å². The van der Waals surface area contributed by atoms with E-state index in [4.69, 9.17) is 13.3 Å². The minimum absolute atomic E-state index is 0.634. The maximum atomic E-state index is 5.05. The van der Waals surface area contributed by atoms with Gasteiger partial charge < -0.3 is 0 Å². The van der Waals surface area contributed by atoms with Gasteiger partial charge in [0.2, 0.25) is 0 Å². The van der Waals surface area contributed by atoms with Crippen LogP contribution in [0.15, 0.2) is 10.6 Å². The van der Waals surface area contributed by atoms with Gasteiger partial charge in [0.05, 0.1) is 10.6 Å². The molecule has 2 saturated heterocycles. The van der Waals surface area contributed by atoms with Crippen LogP contribution in [-0.2, 0) is 0 Å². The van der Waals surface area contributed by atoms with Crippen LogP contribution in [0.3, 0.4) is 0 Å². The fourth-order valence-electron chi connectivity index (χ4n) is 5.68. The van der Waals surface area contributed by atoms with E-state index in [-0.39, 0.29) is 0 Å². The summed E-state index contributed by atoms with van der Waals surface area (Å²) in [5.41, 5.74) is 3.22. The van der Waals surface area contributed by atoms with E-state index in [1.807, 2.05) is 10.6 Å². The smallest absolute Gasteiger partial charge is 0.0803 e. The standard InChI is InChI=1S/C22H42P2/c1-15(2)21(23(9)17(5)11-12-18(23)6)22(16(3)4)24(10)19(7)13-14-20(24)8/h15-20H,9-14H2,1-8H3/b22-21-/t17-,18-,19-,20-/m1/s1. The summed E-state index contributed by atoms with van der Waals surface area (Å²) in [5.74, 6) is 1.27. The first-order valence-electron chi connectivity index (χ1n) is 10.2.